The Morgan fingerprint density at radius 1 is 1.00 bits per heavy atom. The van der Waals surface area contributed by atoms with Crippen molar-refractivity contribution < 1.29 is 0 Å². The minimum absolute atomic E-state index is 0.172. The molecule has 1 aliphatic rings. The molecule has 0 saturated carbocycles. The van der Waals surface area contributed by atoms with Crippen molar-refractivity contribution >= 4 is 21.7 Å². The molecule has 1 N–H and O–H groups in total. The van der Waals surface area contributed by atoms with Gasteiger partial charge in [-0.1, -0.05) is 30.3 Å². The third-order valence-corrected chi connectivity index (χ3v) is 5.19. The van der Waals surface area contributed by atoms with Crippen LogP contribution in [0.4, 0.5) is 0 Å². The van der Waals surface area contributed by atoms with Gasteiger partial charge < -0.3 is 9.88 Å². The first-order valence-electron chi connectivity index (χ1n) is 8.57. The van der Waals surface area contributed by atoms with Crippen LogP contribution < -0.4 is 5.43 Å². The molecule has 1 saturated heterocycles. The molecular formula is C20H23N3O. The summed E-state index contributed by atoms with van der Waals surface area (Å²) in [6, 6.07) is 12.2. The Labute approximate surface area is 141 Å². The number of aromatic nitrogens is 1. The third-order valence-electron chi connectivity index (χ3n) is 5.19. The van der Waals surface area contributed by atoms with Crippen molar-refractivity contribution in [3.05, 3.63) is 57.9 Å². The number of nitrogens with one attached hydrogen (secondary N) is 1. The zero-order valence-electron chi connectivity index (χ0n) is 14.3. The van der Waals surface area contributed by atoms with E-state index in [0.717, 1.165) is 65.7 Å². The van der Waals surface area contributed by atoms with E-state index in [1.807, 2.05) is 31.2 Å². The summed E-state index contributed by atoms with van der Waals surface area (Å²) in [5.41, 5.74) is 3.02. The Hall–Kier alpha value is -2.17. The minimum Gasteiger partial charge on any atom is -0.358 e. The van der Waals surface area contributed by atoms with Crippen molar-refractivity contribution in [2.45, 2.75) is 13.5 Å². The molecule has 0 spiro atoms. The van der Waals surface area contributed by atoms with Gasteiger partial charge in [0.15, 0.2) is 5.43 Å². The predicted molar refractivity (Wildman–Crippen MR) is 99.6 cm³/mol. The van der Waals surface area contributed by atoms with Crippen molar-refractivity contribution in [2.75, 3.05) is 33.2 Å². The van der Waals surface area contributed by atoms with Gasteiger partial charge in [-0.2, -0.15) is 0 Å². The lowest BCUT2D eigenvalue weighted by Gasteiger charge is -2.32. The van der Waals surface area contributed by atoms with E-state index in [1.54, 1.807) is 0 Å². The lowest BCUT2D eigenvalue weighted by atomic mass is 10.0. The molecular weight excluding hydrogens is 298 g/mol. The zero-order valence-corrected chi connectivity index (χ0v) is 14.3. The van der Waals surface area contributed by atoms with E-state index >= 15 is 0 Å². The number of rotatable bonds is 2. The average molecular weight is 321 g/mol. The number of aryl methyl sites for hydroxylation is 1. The Kier molecular flexibility index (Phi) is 3.87. The van der Waals surface area contributed by atoms with Crippen molar-refractivity contribution in [1.29, 1.82) is 0 Å². The van der Waals surface area contributed by atoms with Crippen molar-refractivity contribution in [1.82, 2.24) is 14.8 Å². The van der Waals surface area contributed by atoms with Crippen LogP contribution in [0.25, 0.3) is 21.7 Å². The van der Waals surface area contributed by atoms with E-state index in [-0.39, 0.29) is 5.43 Å². The molecule has 0 aliphatic carbocycles. The first-order valence-corrected chi connectivity index (χ1v) is 8.57. The molecule has 4 nitrogen and oxygen atoms in total. The predicted octanol–water partition coefficient (Wildman–Crippen LogP) is 2.74. The monoisotopic (exact) mass is 321 g/mol. The molecule has 4 heteroatoms. The number of nitrogens with zero attached hydrogens (tertiary/aromatic N) is 2. The van der Waals surface area contributed by atoms with Gasteiger partial charge in [-0.15, -0.1) is 0 Å². The van der Waals surface area contributed by atoms with Crippen LogP contribution in [0.5, 0.6) is 0 Å². The van der Waals surface area contributed by atoms with E-state index in [2.05, 4.69) is 34.0 Å². The van der Waals surface area contributed by atoms with Crippen LogP contribution in [0, 0.1) is 6.92 Å². The van der Waals surface area contributed by atoms with Crippen LogP contribution in [0.15, 0.2) is 41.2 Å². The second-order valence-corrected chi connectivity index (χ2v) is 6.85. The molecule has 2 heterocycles. The van der Waals surface area contributed by atoms with Crippen LogP contribution in [-0.4, -0.2) is 48.0 Å². The fourth-order valence-electron chi connectivity index (χ4n) is 3.61. The van der Waals surface area contributed by atoms with Crippen LogP contribution in [-0.2, 0) is 6.54 Å². The molecule has 1 fully saturated rings. The highest BCUT2D eigenvalue weighted by atomic mass is 16.1. The van der Waals surface area contributed by atoms with Gasteiger partial charge in [0.2, 0.25) is 0 Å². The molecule has 0 unspecified atom stereocenters. The Morgan fingerprint density at radius 3 is 2.54 bits per heavy atom. The molecule has 124 valence electrons. The van der Waals surface area contributed by atoms with Gasteiger partial charge in [0.1, 0.15) is 0 Å². The molecule has 0 atom stereocenters. The fraction of sp³-hybridized carbons (Fsp3) is 0.350. The maximum atomic E-state index is 13.1. The largest absolute Gasteiger partial charge is 0.358 e. The number of fused-ring (bicyclic) bond motifs is 3. The molecule has 4 rings (SSSR count). The summed E-state index contributed by atoms with van der Waals surface area (Å²) in [4.78, 5) is 21.3. The number of likely N-dealkylation sites (N-methyl/N-ethyl adjacent to an activating group) is 1. The molecule has 0 bridgehead atoms. The summed E-state index contributed by atoms with van der Waals surface area (Å²) in [6.07, 6.45) is 0. The van der Waals surface area contributed by atoms with E-state index in [9.17, 15) is 4.79 Å². The number of H-pyrrole nitrogens is 1. The van der Waals surface area contributed by atoms with Crippen LogP contribution in [0.1, 0.15) is 11.3 Å². The smallest absolute Gasteiger partial charge is 0.194 e. The topological polar surface area (TPSA) is 39.3 Å². The highest BCUT2D eigenvalue weighted by molar-refractivity contribution is 6.05. The quantitative estimate of drug-likeness (QED) is 0.738. The van der Waals surface area contributed by atoms with E-state index in [4.69, 9.17) is 0 Å². The van der Waals surface area contributed by atoms with E-state index in [0.29, 0.717) is 0 Å². The molecule has 1 aliphatic heterocycles. The highest BCUT2D eigenvalue weighted by Crippen LogP contribution is 2.23. The molecule has 0 amide bonds. The van der Waals surface area contributed by atoms with Gasteiger partial charge in [-0.3, -0.25) is 9.69 Å². The number of aromatic amines is 1. The SMILES string of the molecule is Cc1[nH]c2c(ccc3ccccc32)c(=O)c1CN1CCN(C)CC1. The zero-order chi connectivity index (χ0) is 16.7. The van der Waals surface area contributed by atoms with Crippen molar-refractivity contribution in [3.8, 4) is 0 Å². The van der Waals surface area contributed by atoms with Gasteiger partial charge in [-0.05, 0) is 25.4 Å². The van der Waals surface area contributed by atoms with E-state index < -0.39 is 0 Å². The number of piperazine rings is 1. The summed E-state index contributed by atoms with van der Waals surface area (Å²) in [5, 5.41) is 3.07. The minimum atomic E-state index is 0.172. The fourth-order valence-corrected chi connectivity index (χ4v) is 3.61. The standard InChI is InChI=1S/C20H23N3O/c1-14-18(13-23-11-9-22(2)10-12-23)20(24)17-8-7-15-5-3-4-6-16(15)19(17)21-14/h3-8H,9-13H2,1-2H3,(H,21,24). The highest BCUT2D eigenvalue weighted by Gasteiger charge is 2.18. The van der Waals surface area contributed by atoms with Gasteiger partial charge >= 0.3 is 0 Å². The summed E-state index contributed by atoms with van der Waals surface area (Å²) in [7, 11) is 2.15. The molecule has 2 aromatic carbocycles. The van der Waals surface area contributed by atoms with Crippen LogP contribution in [0.3, 0.4) is 0 Å². The number of pyridine rings is 1. The van der Waals surface area contributed by atoms with E-state index in [1.165, 1.54) is 0 Å². The molecule has 1 aromatic heterocycles. The van der Waals surface area contributed by atoms with Gasteiger partial charge in [0.05, 0.1) is 5.52 Å². The second-order valence-electron chi connectivity index (χ2n) is 6.85. The summed E-state index contributed by atoms with van der Waals surface area (Å²) < 4.78 is 0. The maximum absolute atomic E-state index is 13.1. The first kappa shape index (κ1) is 15.4. The number of hydrogen-bond donors (Lipinski definition) is 1. The number of benzene rings is 2. The third kappa shape index (κ3) is 2.62. The van der Waals surface area contributed by atoms with Gasteiger partial charge in [0.25, 0.3) is 0 Å². The Balaban J connectivity index is 1.80. The maximum Gasteiger partial charge on any atom is 0.194 e. The van der Waals surface area contributed by atoms with Crippen molar-refractivity contribution in [2.24, 2.45) is 0 Å². The summed E-state index contributed by atoms with van der Waals surface area (Å²) in [6.45, 7) is 6.92. The van der Waals surface area contributed by atoms with Crippen LogP contribution >= 0.6 is 0 Å². The molecule has 0 radical (unpaired) electrons. The molecule has 24 heavy (non-hydrogen) atoms. The van der Waals surface area contributed by atoms with Gasteiger partial charge in [-0.25, -0.2) is 0 Å². The van der Waals surface area contributed by atoms with Gasteiger partial charge in [0, 0.05) is 54.8 Å². The molecule has 3 aromatic rings. The van der Waals surface area contributed by atoms with Crippen molar-refractivity contribution in [3.63, 3.8) is 0 Å². The average Bonchev–Trinajstić information content (AvgIpc) is 2.60. The second kappa shape index (κ2) is 6.04. The first-order chi connectivity index (χ1) is 11.6. The normalized spacial score (nSPS) is 16.9. The lowest BCUT2D eigenvalue weighted by molar-refractivity contribution is 0.147. The number of hydrogen-bond acceptors (Lipinski definition) is 3. The summed E-state index contributed by atoms with van der Waals surface area (Å²) >= 11 is 0. The lowest BCUT2D eigenvalue weighted by Crippen LogP contribution is -2.44. The van der Waals surface area contributed by atoms with Crippen LogP contribution in [0.2, 0.25) is 0 Å². The Morgan fingerprint density at radius 2 is 1.75 bits per heavy atom. The Bertz CT molecular complexity index is 952. The summed E-state index contributed by atoms with van der Waals surface area (Å²) in [5.74, 6) is 0.